The standard InChI is InChI=1S/C15H23FN2O3S/c1-4-10-18(11-5-2)15(19)12-17(3)22(20,21)14-8-6-13(16)7-9-14/h6-9H,4-5,10-12H2,1-3H3. The van der Waals surface area contributed by atoms with Gasteiger partial charge in [-0.2, -0.15) is 4.31 Å². The van der Waals surface area contributed by atoms with Crippen LogP contribution in [0, 0.1) is 5.82 Å². The van der Waals surface area contributed by atoms with Gasteiger partial charge in [0.1, 0.15) is 5.82 Å². The maximum Gasteiger partial charge on any atom is 0.243 e. The third-order valence-electron chi connectivity index (χ3n) is 3.22. The number of hydrogen-bond acceptors (Lipinski definition) is 3. The first-order chi connectivity index (χ1) is 10.3. The van der Waals surface area contributed by atoms with E-state index in [1.165, 1.54) is 19.2 Å². The van der Waals surface area contributed by atoms with Crippen LogP contribution in [0.1, 0.15) is 26.7 Å². The minimum absolute atomic E-state index is 0.0262. The lowest BCUT2D eigenvalue weighted by molar-refractivity contribution is -0.131. The van der Waals surface area contributed by atoms with Gasteiger partial charge in [0.15, 0.2) is 0 Å². The predicted octanol–water partition coefficient (Wildman–Crippen LogP) is 2.09. The number of nitrogens with zero attached hydrogens (tertiary/aromatic N) is 2. The van der Waals surface area contributed by atoms with Gasteiger partial charge in [0.2, 0.25) is 15.9 Å². The van der Waals surface area contributed by atoms with Crippen molar-refractivity contribution in [2.24, 2.45) is 0 Å². The maximum absolute atomic E-state index is 12.9. The van der Waals surface area contributed by atoms with Crippen molar-refractivity contribution in [2.75, 3.05) is 26.7 Å². The molecule has 0 aliphatic heterocycles. The zero-order chi connectivity index (χ0) is 16.8. The van der Waals surface area contributed by atoms with Crippen LogP contribution >= 0.6 is 0 Å². The summed E-state index contributed by atoms with van der Waals surface area (Å²) in [6, 6.07) is 4.56. The molecule has 0 spiro atoms. The van der Waals surface area contributed by atoms with Crippen molar-refractivity contribution in [1.82, 2.24) is 9.21 Å². The van der Waals surface area contributed by atoms with Crippen molar-refractivity contribution in [1.29, 1.82) is 0 Å². The molecule has 1 aromatic rings. The fourth-order valence-electron chi connectivity index (χ4n) is 2.06. The van der Waals surface area contributed by atoms with Crippen molar-refractivity contribution >= 4 is 15.9 Å². The molecule has 1 aromatic carbocycles. The topological polar surface area (TPSA) is 57.7 Å². The predicted molar refractivity (Wildman–Crippen MR) is 83.4 cm³/mol. The molecule has 0 saturated carbocycles. The number of rotatable bonds is 8. The van der Waals surface area contributed by atoms with Crippen LogP contribution in [0.5, 0.6) is 0 Å². The number of hydrogen-bond donors (Lipinski definition) is 0. The highest BCUT2D eigenvalue weighted by molar-refractivity contribution is 7.89. The third kappa shape index (κ3) is 4.78. The summed E-state index contributed by atoms with van der Waals surface area (Å²) in [5.41, 5.74) is 0. The largest absolute Gasteiger partial charge is 0.342 e. The molecule has 0 bridgehead atoms. The summed E-state index contributed by atoms with van der Waals surface area (Å²) >= 11 is 0. The number of benzene rings is 1. The van der Waals surface area contributed by atoms with E-state index in [2.05, 4.69) is 0 Å². The number of carbonyl (C=O) groups excluding carboxylic acids is 1. The summed E-state index contributed by atoms with van der Waals surface area (Å²) in [7, 11) is -2.44. The number of likely N-dealkylation sites (N-methyl/N-ethyl adjacent to an activating group) is 1. The third-order valence-corrected chi connectivity index (χ3v) is 5.04. The molecule has 1 amide bonds. The molecule has 22 heavy (non-hydrogen) atoms. The van der Waals surface area contributed by atoms with Crippen LogP contribution in [-0.4, -0.2) is 50.2 Å². The van der Waals surface area contributed by atoms with Crippen LogP contribution in [0.25, 0.3) is 0 Å². The van der Waals surface area contributed by atoms with Gasteiger partial charge in [-0.25, -0.2) is 12.8 Å². The monoisotopic (exact) mass is 330 g/mol. The van der Waals surface area contributed by atoms with Crippen LogP contribution in [-0.2, 0) is 14.8 Å². The van der Waals surface area contributed by atoms with E-state index in [0.717, 1.165) is 29.3 Å². The van der Waals surface area contributed by atoms with Gasteiger partial charge in [-0.05, 0) is 37.1 Å². The molecule has 0 saturated heterocycles. The lowest BCUT2D eigenvalue weighted by atomic mass is 10.3. The molecule has 0 radical (unpaired) electrons. The van der Waals surface area contributed by atoms with Gasteiger partial charge in [-0.15, -0.1) is 0 Å². The molecule has 0 heterocycles. The summed E-state index contributed by atoms with van der Waals surface area (Å²) in [6.07, 6.45) is 1.64. The lowest BCUT2D eigenvalue weighted by Crippen LogP contribution is -2.41. The molecule has 0 unspecified atom stereocenters. The zero-order valence-corrected chi connectivity index (χ0v) is 14.1. The Bertz CT molecular complexity index is 581. The molecule has 0 fully saturated rings. The SMILES string of the molecule is CCCN(CCC)C(=O)CN(C)S(=O)(=O)c1ccc(F)cc1. The first-order valence-electron chi connectivity index (χ1n) is 7.32. The summed E-state index contributed by atoms with van der Waals surface area (Å²) in [5.74, 6) is -0.730. The van der Waals surface area contributed by atoms with Gasteiger partial charge in [-0.3, -0.25) is 4.79 Å². The van der Waals surface area contributed by atoms with Gasteiger partial charge in [0, 0.05) is 20.1 Å². The Kier molecular flexibility index (Phi) is 6.96. The summed E-state index contributed by atoms with van der Waals surface area (Å²) in [6.45, 7) is 4.93. The molecule has 1 rings (SSSR count). The van der Waals surface area contributed by atoms with Crippen molar-refractivity contribution in [3.05, 3.63) is 30.1 Å². The van der Waals surface area contributed by atoms with Gasteiger partial charge < -0.3 is 4.90 Å². The molecule has 0 N–H and O–H groups in total. The second-order valence-corrected chi connectivity index (χ2v) is 7.14. The Morgan fingerprint density at radius 3 is 2.05 bits per heavy atom. The van der Waals surface area contributed by atoms with Crippen LogP contribution in [0.15, 0.2) is 29.2 Å². The quantitative estimate of drug-likeness (QED) is 0.733. The van der Waals surface area contributed by atoms with Crippen molar-refractivity contribution in [2.45, 2.75) is 31.6 Å². The molecule has 0 aliphatic rings. The summed E-state index contributed by atoms with van der Waals surface area (Å²) in [5, 5.41) is 0. The number of halogens is 1. The highest BCUT2D eigenvalue weighted by Gasteiger charge is 2.24. The minimum Gasteiger partial charge on any atom is -0.342 e. The number of carbonyl (C=O) groups is 1. The summed E-state index contributed by atoms with van der Waals surface area (Å²) in [4.78, 5) is 13.9. The van der Waals surface area contributed by atoms with E-state index in [1.807, 2.05) is 13.8 Å². The van der Waals surface area contributed by atoms with E-state index < -0.39 is 15.8 Å². The fraction of sp³-hybridized carbons (Fsp3) is 0.533. The molecule has 124 valence electrons. The molecule has 0 aliphatic carbocycles. The molecular formula is C15H23FN2O3S. The second kappa shape index (κ2) is 8.24. The average molecular weight is 330 g/mol. The Labute approximate surface area is 131 Å². The van der Waals surface area contributed by atoms with E-state index in [1.54, 1.807) is 4.90 Å². The van der Waals surface area contributed by atoms with Crippen LogP contribution in [0.4, 0.5) is 4.39 Å². The fourth-order valence-corrected chi connectivity index (χ4v) is 3.18. The Morgan fingerprint density at radius 2 is 1.59 bits per heavy atom. The average Bonchev–Trinajstić information content (AvgIpc) is 2.47. The normalized spacial score (nSPS) is 11.7. The molecular weight excluding hydrogens is 307 g/mol. The van der Waals surface area contributed by atoms with Gasteiger partial charge in [0.05, 0.1) is 11.4 Å². The van der Waals surface area contributed by atoms with Crippen LogP contribution < -0.4 is 0 Å². The number of amides is 1. The van der Waals surface area contributed by atoms with E-state index in [4.69, 9.17) is 0 Å². The Morgan fingerprint density at radius 1 is 1.09 bits per heavy atom. The first-order valence-corrected chi connectivity index (χ1v) is 8.76. The van der Waals surface area contributed by atoms with Crippen LogP contribution in [0.2, 0.25) is 0 Å². The molecule has 0 atom stereocenters. The molecule has 5 nitrogen and oxygen atoms in total. The van der Waals surface area contributed by atoms with Crippen molar-refractivity contribution < 1.29 is 17.6 Å². The Balaban J connectivity index is 2.83. The van der Waals surface area contributed by atoms with Gasteiger partial charge in [-0.1, -0.05) is 13.8 Å². The van der Waals surface area contributed by atoms with E-state index in [9.17, 15) is 17.6 Å². The van der Waals surface area contributed by atoms with Gasteiger partial charge in [0.25, 0.3) is 0 Å². The smallest absolute Gasteiger partial charge is 0.243 e. The first kappa shape index (κ1) is 18.6. The maximum atomic E-state index is 12.9. The summed E-state index contributed by atoms with van der Waals surface area (Å²) < 4.78 is 38.6. The van der Waals surface area contributed by atoms with E-state index in [-0.39, 0.29) is 17.3 Å². The van der Waals surface area contributed by atoms with Crippen molar-refractivity contribution in [3.63, 3.8) is 0 Å². The number of sulfonamides is 1. The zero-order valence-electron chi connectivity index (χ0n) is 13.3. The van der Waals surface area contributed by atoms with E-state index >= 15 is 0 Å². The highest BCUT2D eigenvalue weighted by atomic mass is 32.2. The highest BCUT2D eigenvalue weighted by Crippen LogP contribution is 2.15. The van der Waals surface area contributed by atoms with Crippen LogP contribution in [0.3, 0.4) is 0 Å². The van der Waals surface area contributed by atoms with Gasteiger partial charge >= 0.3 is 0 Å². The minimum atomic E-state index is -3.80. The second-order valence-electron chi connectivity index (χ2n) is 5.10. The van der Waals surface area contributed by atoms with E-state index in [0.29, 0.717) is 13.1 Å². The molecule has 7 heteroatoms. The lowest BCUT2D eigenvalue weighted by Gasteiger charge is -2.24. The van der Waals surface area contributed by atoms with Crippen molar-refractivity contribution in [3.8, 4) is 0 Å². The Hall–Kier alpha value is -1.47. The molecule has 0 aromatic heterocycles.